The maximum atomic E-state index is 12.0. The molecule has 0 aliphatic rings. The van der Waals surface area contributed by atoms with Crippen molar-refractivity contribution in [2.24, 2.45) is 5.10 Å². The molecular weight excluding hydrogens is 362 g/mol. The van der Waals surface area contributed by atoms with Crippen molar-refractivity contribution in [3.8, 4) is 0 Å². The third-order valence-electron chi connectivity index (χ3n) is 3.28. The van der Waals surface area contributed by atoms with Crippen LogP contribution >= 0.6 is 23.4 Å². The van der Waals surface area contributed by atoms with Gasteiger partial charge in [-0.05, 0) is 18.6 Å². The quantitative estimate of drug-likeness (QED) is 0.448. The molecule has 0 aromatic heterocycles. The van der Waals surface area contributed by atoms with E-state index >= 15 is 0 Å². The van der Waals surface area contributed by atoms with E-state index in [2.05, 4.69) is 10.5 Å². The minimum absolute atomic E-state index is 0.0936. The molecule has 0 heterocycles. The van der Waals surface area contributed by atoms with Gasteiger partial charge in [0.05, 0.1) is 16.4 Å². The molecule has 8 heteroatoms. The summed E-state index contributed by atoms with van der Waals surface area (Å²) in [7, 11) is 0. The van der Waals surface area contributed by atoms with Gasteiger partial charge in [0.25, 0.3) is 11.6 Å². The number of benzene rings is 2. The van der Waals surface area contributed by atoms with Gasteiger partial charge < -0.3 is 0 Å². The monoisotopic (exact) mass is 377 g/mol. The van der Waals surface area contributed by atoms with Crippen molar-refractivity contribution >= 4 is 41.2 Å². The molecule has 1 unspecified atom stereocenters. The summed E-state index contributed by atoms with van der Waals surface area (Å²) in [6.45, 7) is 1.79. The molecule has 0 saturated heterocycles. The van der Waals surface area contributed by atoms with Crippen molar-refractivity contribution in [3.05, 3.63) is 74.8 Å². The van der Waals surface area contributed by atoms with Crippen LogP contribution in [0.15, 0.2) is 53.6 Å². The number of nitro groups is 1. The molecule has 2 rings (SSSR count). The molecule has 6 nitrogen and oxygen atoms in total. The fourth-order valence-electron chi connectivity index (χ4n) is 1.87. The molecule has 0 fully saturated rings. The van der Waals surface area contributed by atoms with Crippen molar-refractivity contribution in [1.29, 1.82) is 0 Å². The van der Waals surface area contributed by atoms with Crippen molar-refractivity contribution in [2.75, 3.05) is 0 Å². The number of rotatable bonds is 7. The molecule has 0 bridgehead atoms. The summed E-state index contributed by atoms with van der Waals surface area (Å²) in [5.74, 6) is 0.467. The molecule has 1 atom stereocenters. The zero-order chi connectivity index (χ0) is 18.2. The number of nitrogens with zero attached hydrogens (tertiary/aromatic N) is 2. The highest BCUT2D eigenvalue weighted by molar-refractivity contribution is 7.99. The first-order chi connectivity index (χ1) is 12.0. The van der Waals surface area contributed by atoms with Gasteiger partial charge in [0.1, 0.15) is 0 Å². The van der Waals surface area contributed by atoms with Crippen molar-refractivity contribution in [3.63, 3.8) is 0 Å². The number of hydrogen-bond acceptors (Lipinski definition) is 5. The third-order valence-corrected chi connectivity index (χ3v) is 4.84. The Hall–Kier alpha value is -2.38. The van der Waals surface area contributed by atoms with Gasteiger partial charge in [-0.2, -0.15) is 5.10 Å². The molecule has 0 saturated carbocycles. The Morgan fingerprint density at radius 1 is 1.36 bits per heavy atom. The maximum Gasteiger partial charge on any atom is 0.270 e. The summed E-state index contributed by atoms with van der Waals surface area (Å²) in [5.41, 5.74) is 3.83. The second-order valence-corrected chi connectivity index (χ2v) is 6.87. The molecule has 0 aliphatic heterocycles. The predicted molar refractivity (Wildman–Crippen MR) is 101 cm³/mol. The van der Waals surface area contributed by atoms with Gasteiger partial charge in [0.15, 0.2) is 0 Å². The Kier molecular flexibility index (Phi) is 6.97. The Bertz CT molecular complexity index is 784. The van der Waals surface area contributed by atoms with Gasteiger partial charge >= 0.3 is 0 Å². The fourth-order valence-corrected chi connectivity index (χ4v) is 2.88. The molecule has 1 amide bonds. The first-order valence-electron chi connectivity index (χ1n) is 7.40. The zero-order valence-corrected chi connectivity index (χ0v) is 15.0. The normalized spacial score (nSPS) is 12.1. The third kappa shape index (κ3) is 5.88. The van der Waals surface area contributed by atoms with Gasteiger partial charge in [-0.3, -0.25) is 14.9 Å². The van der Waals surface area contributed by atoms with Crippen LogP contribution in [0, 0.1) is 10.1 Å². The van der Waals surface area contributed by atoms with Crippen LogP contribution in [-0.2, 0) is 10.5 Å². The van der Waals surface area contributed by atoms with E-state index in [0.29, 0.717) is 10.6 Å². The highest BCUT2D eigenvalue weighted by Gasteiger charge is 2.13. The van der Waals surface area contributed by atoms with Gasteiger partial charge in [-0.25, -0.2) is 5.43 Å². The van der Waals surface area contributed by atoms with E-state index in [1.165, 1.54) is 36.2 Å². The highest BCUT2D eigenvalue weighted by Crippen LogP contribution is 2.20. The molecular formula is C17H16ClN3O3S. The summed E-state index contributed by atoms with van der Waals surface area (Å²) >= 11 is 7.46. The van der Waals surface area contributed by atoms with Gasteiger partial charge in [-0.15, -0.1) is 11.8 Å². The van der Waals surface area contributed by atoms with E-state index < -0.39 is 4.92 Å². The molecule has 2 aromatic rings. The first-order valence-corrected chi connectivity index (χ1v) is 8.82. The Labute approximate surface area is 154 Å². The molecule has 0 spiro atoms. The van der Waals surface area contributed by atoms with E-state index in [4.69, 9.17) is 11.6 Å². The lowest BCUT2D eigenvalue weighted by Crippen LogP contribution is -2.27. The van der Waals surface area contributed by atoms with Gasteiger partial charge in [0.2, 0.25) is 0 Å². The SMILES string of the molecule is CC(SCc1ccccc1)C(=O)NN=Cc1cc([N+](=O)[O-])ccc1Cl. The Morgan fingerprint density at radius 3 is 2.76 bits per heavy atom. The maximum absolute atomic E-state index is 12.0. The predicted octanol–water partition coefficient (Wildman–Crippen LogP) is 4.02. The van der Waals surface area contributed by atoms with Gasteiger partial charge in [-0.1, -0.05) is 41.9 Å². The van der Waals surface area contributed by atoms with Crippen LogP contribution in [0.3, 0.4) is 0 Å². The molecule has 1 N–H and O–H groups in total. The number of carbonyl (C=O) groups excluding carboxylic acids is 1. The fraction of sp³-hybridized carbons (Fsp3) is 0.176. The molecule has 2 aromatic carbocycles. The van der Waals surface area contributed by atoms with Crippen LogP contribution in [0.1, 0.15) is 18.1 Å². The van der Waals surface area contributed by atoms with E-state index in [9.17, 15) is 14.9 Å². The average Bonchev–Trinajstić information content (AvgIpc) is 2.61. The van der Waals surface area contributed by atoms with E-state index in [1.807, 2.05) is 30.3 Å². The lowest BCUT2D eigenvalue weighted by Gasteiger charge is -2.09. The number of nitro benzene ring substituents is 1. The van der Waals surface area contributed by atoms with Crippen LogP contribution in [0.4, 0.5) is 5.69 Å². The number of carbonyl (C=O) groups is 1. The molecule has 25 heavy (non-hydrogen) atoms. The number of amides is 1. The zero-order valence-electron chi connectivity index (χ0n) is 13.4. The second-order valence-electron chi connectivity index (χ2n) is 5.14. The number of hydrogen-bond donors (Lipinski definition) is 1. The standard InChI is InChI=1S/C17H16ClN3O3S/c1-12(25-11-13-5-3-2-4-6-13)17(22)20-19-10-14-9-15(21(23)24)7-8-16(14)18/h2-10,12H,11H2,1H3,(H,20,22). The van der Waals surface area contributed by atoms with Crippen LogP contribution < -0.4 is 5.43 Å². The minimum Gasteiger partial charge on any atom is -0.272 e. The van der Waals surface area contributed by atoms with Gasteiger partial charge in [0, 0.05) is 28.5 Å². The van der Waals surface area contributed by atoms with E-state index in [-0.39, 0.29) is 16.8 Å². The highest BCUT2D eigenvalue weighted by atomic mass is 35.5. The number of non-ortho nitro benzene ring substituents is 1. The smallest absolute Gasteiger partial charge is 0.270 e. The minimum atomic E-state index is -0.519. The average molecular weight is 378 g/mol. The number of thioether (sulfide) groups is 1. The summed E-state index contributed by atoms with van der Waals surface area (Å²) in [5, 5.41) is 14.6. The summed E-state index contributed by atoms with van der Waals surface area (Å²) in [4.78, 5) is 22.3. The summed E-state index contributed by atoms with van der Waals surface area (Å²) in [6.07, 6.45) is 1.29. The van der Waals surface area contributed by atoms with E-state index in [0.717, 1.165) is 11.3 Å². The topological polar surface area (TPSA) is 84.6 Å². The van der Waals surface area contributed by atoms with E-state index in [1.54, 1.807) is 6.92 Å². The first kappa shape index (κ1) is 19.0. The second kappa shape index (κ2) is 9.19. The van der Waals surface area contributed by atoms with Crippen molar-refractivity contribution in [1.82, 2.24) is 5.43 Å². The van der Waals surface area contributed by atoms with Crippen molar-refractivity contribution < 1.29 is 9.72 Å². The Morgan fingerprint density at radius 2 is 2.08 bits per heavy atom. The number of hydrazone groups is 1. The summed E-state index contributed by atoms with van der Waals surface area (Å²) < 4.78 is 0. The van der Waals surface area contributed by atoms with Crippen LogP contribution in [-0.4, -0.2) is 22.3 Å². The lowest BCUT2D eigenvalue weighted by molar-refractivity contribution is -0.384. The number of halogens is 1. The summed E-state index contributed by atoms with van der Waals surface area (Å²) in [6, 6.07) is 13.9. The van der Waals surface area contributed by atoms with Crippen LogP contribution in [0.25, 0.3) is 0 Å². The lowest BCUT2D eigenvalue weighted by atomic mass is 10.2. The Balaban J connectivity index is 1.89. The largest absolute Gasteiger partial charge is 0.272 e. The number of nitrogens with one attached hydrogen (secondary N) is 1. The molecule has 0 radical (unpaired) electrons. The molecule has 0 aliphatic carbocycles. The molecule has 130 valence electrons. The van der Waals surface area contributed by atoms with Crippen LogP contribution in [0.2, 0.25) is 5.02 Å². The van der Waals surface area contributed by atoms with Crippen molar-refractivity contribution in [2.45, 2.75) is 17.9 Å². The van der Waals surface area contributed by atoms with Crippen LogP contribution in [0.5, 0.6) is 0 Å².